The van der Waals surface area contributed by atoms with Gasteiger partial charge in [0, 0.05) is 6.04 Å². The first-order valence-electron chi connectivity index (χ1n) is 4.44. The summed E-state index contributed by atoms with van der Waals surface area (Å²) in [6.07, 6.45) is 1.01. The topological polar surface area (TPSA) is 38.0 Å². The second kappa shape index (κ2) is 4.72. The molecule has 0 saturated heterocycles. The van der Waals surface area contributed by atoms with Crippen LogP contribution in [0.2, 0.25) is 0 Å². The molecule has 1 aliphatic carbocycles. The second-order valence-corrected chi connectivity index (χ2v) is 3.39. The molecule has 0 aromatic rings. The average Bonchev–Trinajstić information content (AvgIpc) is 2.79. The molecule has 1 rings (SSSR count). The lowest BCUT2D eigenvalue weighted by atomic mass is 10.1. The van der Waals surface area contributed by atoms with Crippen molar-refractivity contribution in [2.75, 3.05) is 13.1 Å². The van der Waals surface area contributed by atoms with Gasteiger partial charge in [-0.1, -0.05) is 0 Å². The minimum atomic E-state index is -2.25. The Hall–Kier alpha value is -0.220. The van der Waals surface area contributed by atoms with Crippen molar-refractivity contribution in [1.29, 1.82) is 0 Å². The lowest BCUT2D eigenvalue weighted by Crippen LogP contribution is -2.30. The maximum absolute atomic E-state index is 11.6. The summed E-state index contributed by atoms with van der Waals surface area (Å²) in [5, 5.41) is 2.67. The molecule has 1 saturated carbocycles. The van der Waals surface area contributed by atoms with Gasteiger partial charge in [-0.3, -0.25) is 0 Å². The number of halogens is 2. The van der Waals surface area contributed by atoms with Gasteiger partial charge in [-0.15, -0.1) is 0 Å². The van der Waals surface area contributed by atoms with Crippen LogP contribution >= 0.6 is 0 Å². The van der Waals surface area contributed by atoms with E-state index in [0.717, 1.165) is 6.42 Å². The molecule has 1 unspecified atom stereocenters. The normalized spacial score (nSPS) is 20.0. The Morgan fingerprint density at radius 1 is 1.42 bits per heavy atom. The SMILES string of the molecule is NC(CCNCC(F)F)C1CC1. The Bertz CT molecular complexity index is 126. The van der Waals surface area contributed by atoms with Crippen LogP contribution in [0.1, 0.15) is 19.3 Å². The fourth-order valence-corrected chi connectivity index (χ4v) is 1.24. The standard InChI is InChI=1S/C8H16F2N2/c9-8(10)5-12-4-3-7(11)6-1-2-6/h6-8,12H,1-5,11H2. The highest BCUT2D eigenvalue weighted by molar-refractivity contribution is 4.84. The summed E-state index contributed by atoms with van der Waals surface area (Å²) in [7, 11) is 0. The summed E-state index contributed by atoms with van der Waals surface area (Å²) in [4.78, 5) is 0. The van der Waals surface area contributed by atoms with E-state index in [1.54, 1.807) is 0 Å². The summed E-state index contributed by atoms with van der Waals surface area (Å²) in [5.41, 5.74) is 5.77. The molecule has 0 bridgehead atoms. The van der Waals surface area contributed by atoms with E-state index in [2.05, 4.69) is 5.32 Å². The van der Waals surface area contributed by atoms with Crippen LogP contribution in [0.3, 0.4) is 0 Å². The Labute approximate surface area is 71.5 Å². The van der Waals surface area contributed by atoms with Crippen LogP contribution in [0.4, 0.5) is 8.78 Å². The fraction of sp³-hybridized carbons (Fsp3) is 1.00. The maximum Gasteiger partial charge on any atom is 0.250 e. The summed E-state index contributed by atoms with van der Waals surface area (Å²) in [5.74, 6) is 0.665. The van der Waals surface area contributed by atoms with E-state index in [1.165, 1.54) is 12.8 Å². The molecule has 0 heterocycles. The first kappa shape index (κ1) is 9.86. The predicted molar refractivity (Wildman–Crippen MR) is 44.2 cm³/mol. The van der Waals surface area contributed by atoms with Gasteiger partial charge in [0.25, 0.3) is 6.43 Å². The molecule has 0 aliphatic heterocycles. The van der Waals surface area contributed by atoms with Crippen LogP contribution in [0, 0.1) is 5.92 Å². The van der Waals surface area contributed by atoms with Gasteiger partial charge >= 0.3 is 0 Å². The summed E-state index contributed by atoms with van der Waals surface area (Å²) >= 11 is 0. The zero-order valence-corrected chi connectivity index (χ0v) is 7.10. The second-order valence-electron chi connectivity index (χ2n) is 3.39. The minimum Gasteiger partial charge on any atom is -0.327 e. The summed E-state index contributed by atoms with van der Waals surface area (Å²) < 4.78 is 23.3. The fourth-order valence-electron chi connectivity index (χ4n) is 1.24. The largest absolute Gasteiger partial charge is 0.327 e. The van der Waals surface area contributed by atoms with Gasteiger partial charge in [0.15, 0.2) is 0 Å². The Kier molecular flexibility index (Phi) is 3.88. The molecule has 3 N–H and O–H groups in total. The Morgan fingerprint density at radius 2 is 2.08 bits per heavy atom. The molecular weight excluding hydrogens is 162 g/mol. The van der Waals surface area contributed by atoms with E-state index in [4.69, 9.17) is 5.73 Å². The number of hydrogen-bond acceptors (Lipinski definition) is 2. The lowest BCUT2D eigenvalue weighted by molar-refractivity contribution is 0.145. The maximum atomic E-state index is 11.6. The molecule has 12 heavy (non-hydrogen) atoms. The third-order valence-electron chi connectivity index (χ3n) is 2.18. The van der Waals surface area contributed by atoms with Crippen molar-refractivity contribution in [3.05, 3.63) is 0 Å². The van der Waals surface area contributed by atoms with Crippen molar-refractivity contribution in [1.82, 2.24) is 5.32 Å². The van der Waals surface area contributed by atoms with Gasteiger partial charge < -0.3 is 11.1 Å². The number of rotatable bonds is 6. The molecule has 2 nitrogen and oxygen atoms in total. The Balaban J connectivity index is 1.87. The quantitative estimate of drug-likeness (QED) is 0.595. The number of nitrogens with two attached hydrogens (primary N) is 1. The molecule has 1 aliphatic rings. The van der Waals surface area contributed by atoms with E-state index in [-0.39, 0.29) is 12.6 Å². The smallest absolute Gasteiger partial charge is 0.250 e. The van der Waals surface area contributed by atoms with Gasteiger partial charge in [0.05, 0.1) is 6.54 Å². The van der Waals surface area contributed by atoms with Crippen molar-refractivity contribution in [2.45, 2.75) is 31.7 Å². The molecular formula is C8H16F2N2. The molecule has 1 atom stereocenters. The van der Waals surface area contributed by atoms with Crippen molar-refractivity contribution in [2.24, 2.45) is 11.7 Å². The van der Waals surface area contributed by atoms with Crippen LogP contribution in [0.15, 0.2) is 0 Å². The van der Waals surface area contributed by atoms with E-state index >= 15 is 0 Å². The van der Waals surface area contributed by atoms with E-state index in [0.29, 0.717) is 12.5 Å². The van der Waals surface area contributed by atoms with Crippen LogP contribution in [0.5, 0.6) is 0 Å². The monoisotopic (exact) mass is 178 g/mol. The van der Waals surface area contributed by atoms with Crippen LogP contribution in [-0.2, 0) is 0 Å². The van der Waals surface area contributed by atoms with Gasteiger partial charge in [-0.2, -0.15) is 0 Å². The third-order valence-corrected chi connectivity index (χ3v) is 2.18. The highest BCUT2D eigenvalue weighted by Crippen LogP contribution is 2.32. The van der Waals surface area contributed by atoms with Crippen molar-refractivity contribution < 1.29 is 8.78 Å². The molecule has 0 aromatic carbocycles. The van der Waals surface area contributed by atoms with Gasteiger partial charge in [-0.05, 0) is 31.7 Å². The molecule has 72 valence electrons. The van der Waals surface area contributed by atoms with E-state index in [9.17, 15) is 8.78 Å². The minimum absolute atomic E-state index is 0.211. The lowest BCUT2D eigenvalue weighted by Gasteiger charge is -2.10. The third kappa shape index (κ3) is 3.97. The zero-order chi connectivity index (χ0) is 8.97. The zero-order valence-electron chi connectivity index (χ0n) is 7.10. The first-order chi connectivity index (χ1) is 5.70. The molecule has 1 fully saturated rings. The van der Waals surface area contributed by atoms with Crippen LogP contribution < -0.4 is 11.1 Å². The molecule has 0 radical (unpaired) electrons. The van der Waals surface area contributed by atoms with Crippen molar-refractivity contribution in [3.8, 4) is 0 Å². The average molecular weight is 178 g/mol. The highest BCUT2D eigenvalue weighted by atomic mass is 19.3. The van der Waals surface area contributed by atoms with Gasteiger partial charge in [0.2, 0.25) is 0 Å². The number of alkyl halides is 2. The summed E-state index contributed by atoms with van der Waals surface area (Å²) in [6, 6.07) is 0.218. The predicted octanol–water partition coefficient (Wildman–Crippen LogP) is 0.968. The first-order valence-corrected chi connectivity index (χ1v) is 4.44. The van der Waals surface area contributed by atoms with E-state index < -0.39 is 6.43 Å². The highest BCUT2D eigenvalue weighted by Gasteiger charge is 2.27. The number of hydrogen-bond donors (Lipinski definition) is 2. The van der Waals surface area contributed by atoms with Gasteiger partial charge in [-0.25, -0.2) is 8.78 Å². The van der Waals surface area contributed by atoms with Crippen molar-refractivity contribution in [3.63, 3.8) is 0 Å². The molecule has 0 aromatic heterocycles. The van der Waals surface area contributed by atoms with Gasteiger partial charge in [0.1, 0.15) is 0 Å². The van der Waals surface area contributed by atoms with Crippen LogP contribution in [0.25, 0.3) is 0 Å². The molecule has 4 heteroatoms. The summed E-state index contributed by atoms with van der Waals surface area (Å²) in [6.45, 7) is 0.402. The molecule has 0 spiro atoms. The van der Waals surface area contributed by atoms with Crippen molar-refractivity contribution >= 4 is 0 Å². The Morgan fingerprint density at radius 3 is 2.58 bits per heavy atom. The number of nitrogens with one attached hydrogen (secondary N) is 1. The van der Waals surface area contributed by atoms with E-state index in [1.807, 2.05) is 0 Å². The molecule has 0 amide bonds. The van der Waals surface area contributed by atoms with Crippen LogP contribution in [-0.4, -0.2) is 25.6 Å².